The summed E-state index contributed by atoms with van der Waals surface area (Å²) in [6, 6.07) is 1.89. The van der Waals surface area contributed by atoms with Crippen LogP contribution >= 0.6 is 11.8 Å². The molecule has 2 aromatic heterocycles. The van der Waals surface area contributed by atoms with Crippen LogP contribution in [0.2, 0.25) is 0 Å². The van der Waals surface area contributed by atoms with Crippen LogP contribution in [0.1, 0.15) is 11.5 Å². The van der Waals surface area contributed by atoms with Crippen LogP contribution in [0.25, 0.3) is 0 Å². The Kier molecular flexibility index (Phi) is 2.45. The van der Waals surface area contributed by atoms with Gasteiger partial charge in [0.15, 0.2) is 5.82 Å². The minimum Gasteiger partial charge on any atom is -0.289 e. The zero-order chi connectivity index (χ0) is 11.8. The molecule has 2 aromatic rings. The molecule has 0 unspecified atom stereocenters. The van der Waals surface area contributed by atoms with Gasteiger partial charge in [-0.15, -0.1) is 0 Å². The van der Waals surface area contributed by atoms with Gasteiger partial charge < -0.3 is 0 Å². The summed E-state index contributed by atoms with van der Waals surface area (Å²) in [6.07, 6.45) is 3.63. The smallest absolute Gasteiger partial charge is 0.175 e. The van der Waals surface area contributed by atoms with E-state index in [-0.39, 0.29) is 0 Å². The first-order valence-electron chi connectivity index (χ1n) is 5.25. The Bertz CT molecular complexity index is 569. The summed E-state index contributed by atoms with van der Waals surface area (Å²) in [7, 11) is 0. The Balaban J connectivity index is 2.01. The number of hydrogen-bond donors (Lipinski definition) is 1. The Hall–Kier alpha value is -1.66. The molecule has 3 heterocycles. The lowest BCUT2D eigenvalue weighted by molar-refractivity contribution is 0.464. The first-order valence-corrected chi connectivity index (χ1v) is 5.59. The van der Waals surface area contributed by atoms with Gasteiger partial charge in [0.05, 0.1) is 13.1 Å². The molecule has 17 heavy (non-hydrogen) atoms. The number of rotatable bonds is 1. The zero-order valence-corrected chi connectivity index (χ0v) is 10.0. The van der Waals surface area contributed by atoms with Crippen molar-refractivity contribution < 1.29 is 0 Å². The van der Waals surface area contributed by atoms with Crippen LogP contribution in [0.5, 0.6) is 0 Å². The molecule has 0 fully saturated rings. The highest BCUT2D eigenvalue weighted by atomic mass is 35.5. The van der Waals surface area contributed by atoms with Crippen molar-refractivity contribution in [2.24, 2.45) is 4.99 Å². The molecule has 0 aliphatic carbocycles. The average Bonchev–Trinajstić information content (AvgIpc) is 2.87. The van der Waals surface area contributed by atoms with Crippen LogP contribution in [0.3, 0.4) is 0 Å². The number of halogens is 1. The van der Waals surface area contributed by atoms with Gasteiger partial charge in [0.1, 0.15) is 11.7 Å². The first-order chi connectivity index (χ1) is 8.22. The van der Waals surface area contributed by atoms with E-state index in [1.165, 1.54) is 0 Å². The molecule has 0 saturated heterocycles. The second-order valence-electron chi connectivity index (χ2n) is 3.93. The molecule has 3 rings (SSSR count). The topological polar surface area (TPSA) is 62.1 Å². The Morgan fingerprint density at radius 3 is 3.12 bits per heavy atom. The second kappa shape index (κ2) is 3.97. The van der Waals surface area contributed by atoms with Crippen LogP contribution < -0.4 is 0 Å². The van der Waals surface area contributed by atoms with E-state index >= 15 is 0 Å². The van der Waals surface area contributed by atoms with Gasteiger partial charge in [-0.05, 0) is 18.7 Å². The van der Waals surface area contributed by atoms with Crippen LogP contribution in [-0.4, -0.2) is 36.5 Å². The molecule has 7 heteroatoms. The van der Waals surface area contributed by atoms with Crippen molar-refractivity contribution in [2.75, 3.05) is 6.54 Å². The average molecular weight is 251 g/mol. The maximum absolute atomic E-state index is 6.04. The van der Waals surface area contributed by atoms with Gasteiger partial charge in [-0.25, -0.2) is 14.4 Å². The quantitative estimate of drug-likeness (QED) is 0.780. The van der Waals surface area contributed by atoms with Crippen LogP contribution in [0.15, 0.2) is 23.5 Å². The standard InChI is InChI=1S/C10H11ClN6/c1-7-4-8(15-14-7)13-10-6-16(11)5-9-12-2-3-17(9)10/h2-4H,5-6H2,1H3,(H,14,15). The monoisotopic (exact) mass is 250 g/mol. The maximum atomic E-state index is 6.04. The molecule has 0 saturated carbocycles. The van der Waals surface area contributed by atoms with E-state index in [0.717, 1.165) is 17.4 Å². The first kappa shape index (κ1) is 10.5. The fourth-order valence-corrected chi connectivity index (χ4v) is 2.02. The van der Waals surface area contributed by atoms with Crippen molar-refractivity contribution >= 4 is 23.4 Å². The molecular formula is C10H11ClN6. The lowest BCUT2D eigenvalue weighted by atomic mass is 10.4. The number of fused-ring (bicyclic) bond motifs is 1. The third kappa shape index (κ3) is 1.96. The molecule has 1 N–H and O–H groups in total. The number of aliphatic imine (C=N–C) groups is 1. The maximum Gasteiger partial charge on any atom is 0.175 e. The van der Waals surface area contributed by atoms with Crippen LogP contribution in [0, 0.1) is 6.92 Å². The number of imidazole rings is 1. The van der Waals surface area contributed by atoms with Crippen LogP contribution in [0.4, 0.5) is 5.82 Å². The molecule has 0 radical (unpaired) electrons. The van der Waals surface area contributed by atoms with Gasteiger partial charge >= 0.3 is 0 Å². The summed E-state index contributed by atoms with van der Waals surface area (Å²) in [4.78, 5) is 8.71. The van der Waals surface area contributed by atoms with E-state index in [0.29, 0.717) is 18.9 Å². The van der Waals surface area contributed by atoms with Gasteiger partial charge in [-0.3, -0.25) is 9.67 Å². The Labute approximate surface area is 103 Å². The predicted molar refractivity (Wildman–Crippen MR) is 64.3 cm³/mol. The number of nitrogens with one attached hydrogen (secondary N) is 1. The fourth-order valence-electron chi connectivity index (χ4n) is 1.81. The highest BCUT2D eigenvalue weighted by molar-refractivity contribution is 6.15. The van der Waals surface area contributed by atoms with E-state index in [2.05, 4.69) is 20.2 Å². The third-order valence-electron chi connectivity index (χ3n) is 2.56. The summed E-state index contributed by atoms with van der Waals surface area (Å²) < 4.78 is 3.60. The SMILES string of the molecule is Cc1cc(N=C2CN(Cl)Cc3nccn32)n[nH]1. The molecule has 0 amide bonds. The van der Waals surface area contributed by atoms with Crippen molar-refractivity contribution in [3.05, 3.63) is 30.0 Å². The normalized spacial score (nSPS) is 18.6. The molecule has 1 aliphatic rings. The number of H-pyrrole nitrogens is 1. The van der Waals surface area contributed by atoms with E-state index in [1.807, 2.05) is 23.8 Å². The third-order valence-corrected chi connectivity index (χ3v) is 2.80. The molecule has 0 aromatic carbocycles. The van der Waals surface area contributed by atoms with Crippen molar-refractivity contribution in [3.63, 3.8) is 0 Å². The number of aromatic nitrogens is 4. The number of hydrogen-bond acceptors (Lipinski definition) is 4. The van der Waals surface area contributed by atoms with Crippen molar-refractivity contribution in [1.82, 2.24) is 24.2 Å². The van der Waals surface area contributed by atoms with Gasteiger partial charge in [0.25, 0.3) is 0 Å². The molecule has 0 atom stereocenters. The second-order valence-corrected chi connectivity index (χ2v) is 4.41. The zero-order valence-electron chi connectivity index (χ0n) is 9.26. The van der Waals surface area contributed by atoms with E-state index < -0.39 is 0 Å². The lowest BCUT2D eigenvalue weighted by Crippen LogP contribution is -2.34. The summed E-state index contributed by atoms with van der Waals surface area (Å²) in [5, 5.41) is 6.94. The minimum absolute atomic E-state index is 0.566. The van der Waals surface area contributed by atoms with Gasteiger partial charge in [0, 0.05) is 24.2 Å². The van der Waals surface area contributed by atoms with Gasteiger partial charge in [0.2, 0.25) is 0 Å². The van der Waals surface area contributed by atoms with Crippen molar-refractivity contribution in [2.45, 2.75) is 13.5 Å². The highest BCUT2D eigenvalue weighted by Crippen LogP contribution is 2.16. The van der Waals surface area contributed by atoms with Gasteiger partial charge in [-0.1, -0.05) is 0 Å². The highest BCUT2D eigenvalue weighted by Gasteiger charge is 2.20. The predicted octanol–water partition coefficient (Wildman–Crippen LogP) is 1.46. The molecule has 6 nitrogen and oxygen atoms in total. The minimum atomic E-state index is 0.566. The summed E-state index contributed by atoms with van der Waals surface area (Å²) in [5.74, 6) is 2.37. The molecular weight excluding hydrogens is 240 g/mol. The van der Waals surface area contributed by atoms with Crippen molar-refractivity contribution in [3.8, 4) is 0 Å². The van der Waals surface area contributed by atoms with E-state index in [4.69, 9.17) is 11.8 Å². The van der Waals surface area contributed by atoms with Crippen LogP contribution in [-0.2, 0) is 6.54 Å². The Morgan fingerprint density at radius 1 is 1.47 bits per heavy atom. The number of nitrogens with zero attached hydrogens (tertiary/aromatic N) is 5. The summed E-state index contributed by atoms with van der Waals surface area (Å²) in [6.45, 7) is 3.12. The Morgan fingerprint density at radius 2 is 2.35 bits per heavy atom. The molecule has 0 bridgehead atoms. The van der Waals surface area contributed by atoms with Gasteiger partial charge in [-0.2, -0.15) is 5.10 Å². The summed E-state index contributed by atoms with van der Waals surface area (Å²) in [5.41, 5.74) is 0.980. The number of aromatic amines is 1. The van der Waals surface area contributed by atoms with E-state index in [1.54, 1.807) is 10.6 Å². The fraction of sp³-hybridized carbons (Fsp3) is 0.300. The summed E-state index contributed by atoms with van der Waals surface area (Å²) >= 11 is 6.04. The molecule has 1 aliphatic heterocycles. The largest absolute Gasteiger partial charge is 0.289 e. The lowest BCUT2D eigenvalue weighted by Gasteiger charge is -2.22. The molecule has 0 spiro atoms. The van der Waals surface area contributed by atoms with E-state index in [9.17, 15) is 0 Å². The van der Waals surface area contributed by atoms with Crippen molar-refractivity contribution in [1.29, 1.82) is 0 Å². The number of aryl methyl sites for hydroxylation is 1. The molecule has 88 valence electrons.